The first-order valence-electron chi connectivity index (χ1n) is 36.2. The third kappa shape index (κ3) is 62.4. The van der Waals surface area contributed by atoms with Gasteiger partial charge in [-0.25, -0.2) is 76.1 Å². The molecule has 0 saturated carbocycles. The smallest absolute Gasteiger partial charge is 0.726 e. The van der Waals surface area contributed by atoms with Gasteiger partial charge in [0.15, 0.2) is 25.2 Å². The Balaban J connectivity index is -0.00000194. The standard InChI is InChI=1S/C57H89N5O45S4.8Na.4H2O4S/c1-22(63)59-42-47(72)46(71)34(18-93-108(76,77)78)101-54(42)97-31-15-90-39(11-27(31)68)105-52-36(20-95-110(82,83)84)103-56(44(49(52)74)61-24(3)65)99-33-17-92-41(13-29(33)70)107-53-37(21-96-111(85,86)87)104-57(45(50(53)75)62-25(4)66)100-32-16-91-40(12-28(32)69)106-51-35(19-94-109(79,80)81)102-55(43(48(51)73)60-23(2)64)98-30-14-89-38(10-26(30)67)88-9-7-5-6-8-58;;;;;;;;;4*1-5(2,3)4/h10-17,26-57,67-75H,5-9,18-21,58H2,1-4H3,(H,59,63)(H,60,64)(H,61,65)(H,62,66)(H,76,77,78)(H,79,80,81)(H,82,83,84)(H,85,86,87);;;;;;;;;4*(H2,1,2,3,4)/q-8;8*+1;;;;/p-4/t26-,27-,28-,29-,30+,31+,32+,33+,34?,35?,36?,37?,38+,39-,40-,41-,42?,43?,44?,45?,46+,47+,48+,49+,50+,51+,52+,53+,54-,55-,56-,57-;;;;;;;;;;;;/m0............/s1. The molecule has 0 bridgehead atoms. The van der Waals surface area contributed by atoms with E-state index in [0.717, 1.165) is 86.2 Å². The van der Waals surface area contributed by atoms with E-state index in [1.54, 1.807) is 0 Å². The fourth-order valence-electron chi connectivity index (χ4n) is 12.1. The van der Waals surface area contributed by atoms with Crippen LogP contribution < -0.4 is 263 Å². The number of aliphatic hydroxyl groups is 9. The molecule has 8 aliphatic rings. The summed E-state index contributed by atoms with van der Waals surface area (Å²) >= 11 is 0. The summed E-state index contributed by atoms with van der Waals surface area (Å²) < 4.78 is 374. The number of carbonyl (C=O) groups is 4. The molecule has 139 heavy (non-hydrogen) atoms. The molecule has 8 fully saturated rings. The van der Waals surface area contributed by atoms with Crippen LogP contribution in [0.15, 0.2) is 0 Å². The van der Waals surface area contributed by atoms with Crippen molar-refractivity contribution in [3.8, 4) is 0 Å². The van der Waals surface area contributed by atoms with Crippen molar-refractivity contribution in [1.29, 1.82) is 0 Å². The van der Waals surface area contributed by atoms with Gasteiger partial charge in [0.1, 0.15) is 97.4 Å². The van der Waals surface area contributed by atoms with Crippen LogP contribution in [0, 0.1) is 52.1 Å². The van der Waals surface area contributed by atoms with Crippen molar-refractivity contribution in [3.63, 3.8) is 0 Å². The molecule has 32 atom stereocenters. The number of amides is 4. The second kappa shape index (κ2) is 69.7. The molecule has 0 aromatic rings. The van der Waals surface area contributed by atoms with Gasteiger partial charge in [0, 0.05) is 59.5 Å². The number of rotatable bonds is 36. The van der Waals surface area contributed by atoms with Gasteiger partial charge in [-0.1, -0.05) is 24.4 Å². The molecule has 772 valence electrons. The van der Waals surface area contributed by atoms with Crippen LogP contribution in [-0.2, 0) is 195 Å². The maximum Gasteiger partial charge on any atom is 1.00 e. The summed E-state index contributed by atoms with van der Waals surface area (Å²) in [6.45, 7) is 3.27. The van der Waals surface area contributed by atoms with Gasteiger partial charge in [0.25, 0.3) is 0 Å². The molecular formula is C57H93N5Na8O61S8-4. The van der Waals surface area contributed by atoms with Crippen molar-refractivity contribution in [2.45, 2.75) is 244 Å². The van der Waals surface area contributed by atoms with Crippen LogP contribution in [0.25, 0.3) is 0 Å². The molecule has 66 nitrogen and oxygen atoms in total. The van der Waals surface area contributed by atoms with Gasteiger partial charge in [-0.3, -0.25) is 55.6 Å². The number of hydrogen-bond acceptors (Lipinski definition) is 54. The third-order valence-electron chi connectivity index (χ3n) is 17.0. The first-order valence-corrected chi connectivity index (χ1v) is 47.1. The monoisotopic (exact) mass is 2260 g/mol. The molecular weight excluding hydrogens is 2170 g/mol. The average molecular weight is 2260 g/mol. The largest absolute Gasteiger partial charge is 1.00 e. The summed E-state index contributed by atoms with van der Waals surface area (Å²) in [4.78, 5) is 50.1. The van der Waals surface area contributed by atoms with E-state index in [9.17, 15) is 112 Å². The minimum absolute atomic E-state index is 0. The van der Waals surface area contributed by atoms with Crippen LogP contribution in [-0.4, -0.2) is 428 Å². The molecule has 0 aliphatic carbocycles. The zero-order chi connectivity index (χ0) is 99.8. The molecule has 82 heteroatoms. The summed E-state index contributed by atoms with van der Waals surface area (Å²) in [6.07, 6.45) is -45.3. The average Bonchev–Trinajstić information content (AvgIpc) is 0.780. The van der Waals surface area contributed by atoms with E-state index in [1.807, 2.05) is 0 Å². The van der Waals surface area contributed by atoms with Gasteiger partial charge in [-0.05, 0) is 50.2 Å². The van der Waals surface area contributed by atoms with Crippen LogP contribution in [0.2, 0.25) is 0 Å². The van der Waals surface area contributed by atoms with Gasteiger partial charge < -0.3 is 167 Å². The minimum Gasteiger partial charge on any atom is -0.726 e. The molecule has 0 aromatic carbocycles. The molecule has 23 N–H and O–H groups in total. The second-order valence-corrected chi connectivity index (χ2v) is 35.1. The Bertz CT molecular complexity index is 4430. The van der Waals surface area contributed by atoms with E-state index in [0.29, 0.717) is 13.0 Å². The summed E-state index contributed by atoms with van der Waals surface area (Å²) in [5.74, 6) is -3.38. The Morgan fingerprint density at radius 3 is 0.741 bits per heavy atom. The fraction of sp³-hybridized carbons (Fsp3) is 0.789. The van der Waals surface area contributed by atoms with Gasteiger partial charge in [0.05, 0.1) is 26.4 Å². The maximum atomic E-state index is 12.8. The van der Waals surface area contributed by atoms with E-state index >= 15 is 0 Å². The molecule has 4 amide bonds. The Morgan fingerprint density at radius 1 is 0.317 bits per heavy atom. The summed E-state index contributed by atoms with van der Waals surface area (Å²) in [5, 5.41) is 112. The fourth-order valence-corrected chi connectivity index (χ4v) is 13.3. The van der Waals surface area contributed by atoms with E-state index in [4.69, 9.17) is 156 Å². The topological polar surface area (TPSA) is 1040 Å². The summed E-state index contributed by atoms with van der Waals surface area (Å²) in [5.41, 5.74) is 5.53. The van der Waals surface area contributed by atoms with E-state index in [1.165, 1.54) is 6.42 Å². The first-order chi connectivity index (χ1) is 59.9. The van der Waals surface area contributed by atoms with Crippen LogP contribution in [0.5, 0.6) is 0 Å². The van der Waals surface area contributed by atoms with Crippen molar-refractivity contribution >= 4 is 107 Å². The van der Waals surface area contributed by atoms with Crippen molar-refractivity contribution in [2.24, 2.45) is 5.73 Å². The van der Waals surface area contributed by atoms with E-state index < -0.39 is 330 Å². The van der Waals surface area contributed by atoms with Crippen molar-refractivity contribution in [2.75, 3.05) is 39.6 Å². The number of nitrogens with one attached hydrogen (secondary N) is 4. The molecule has 8 heterocycles. The van der Waals surface area contributed by atoms with E-state index in [2.05, 4.69) is 38.0 Å². The quantitative estimate of drug-likeness (QED) is 0.00910. The second-order valence-electron chi connectivity index (χ2n) is 27.3. The van der Waals surface area contributed by atoms with Gasteiger partial charge in [-0.15, -0.1) is 0 Å². The number of nitrogens with two attached hydrogens (primary N) is 1. The van der Waals surface area contributed by atoms with Crippen LogP contribution in [0.3, 0.4) is 0 Å². The third-order valence-corrected chi connectivity index (χ3v) is 18.8. The Labute approximate surface area is 972 Å². The minimum atomic E-state index is -5.37. The summed E-state index contributed by atoms with van der Waals surface area (Å²) in [7, 11) is -40.8. The molecule has 0 spiro atoms. The molecule has 8 saturated heterocycles. The number of carbonyl (C=O) groups excluding carboxylic acids is 4. The predicted octanol–water partition coefficient (Wildman–Crippen LogP) is -38.8. The van der Waals surface area contributed by atoms with Gasteiger partial charge in [0.2, 0.25) is 65.2 Å². The SMILES string of the molecule is CC(=O)NC1[C@@H](O[C@@H]2[CH-]O[C@@H](O[C@@H]3C(COS(=O)(=O)O)O[C@H](O[C@@H]4[CH-]O[C@@H](O[C@@H]5C(COS(=O)(=O)O)O[C@H](O[C@@H]6[CH-]O[C@@H](O[C@@H]7C(COS(=O)(=O)O)O[C@H](O[C@@H]8[CH-]O[C@@H](OCCCCCN)[CH-][C@@H]8O)C(NC(C)=O)[C@H]7O)[CH-][C@@H]6O)C(NC(C)=O)[C@H]5O)[CH-][C@@H]4O)C(NC(C)=O)[C@H]3O)[CH-][C@@H]2O)OC(COS(=O)(=O)O)[C@@H](O)[C@@H]1O.O=S(=O)([O-])O.O=S(=O)([O-])O.O=S(=O)([O-])O.O=S(=O)([O-])O.[Na+].[Na+].[Na+].[Na+].[Na+].[Na+].[Na+].[Na+]. The van der Waals surface area contributed by atoms with Gasteiger partial charge >= 0.3 is 278 Å². The van der Waals surface area contributed by atoms with Crippen LogP contribution in [0.4, 0.5) is 0 Å². The number of ether oxygens (including phenoxy) is 16. The Kier molecular flexibility index (Phi) is 75.8. The van der Waals surface area contributed by atoms with E-state index in [-0.39, 0.29) is 243 Å². The Hall–Kier alpha value is 3.80. The van der Waals surface area contributed by atoms with Crippen molar-refractivity contribution in [1.82, 2.24) is 21.3 Å². The molecule has 8 rings (SSSR count). The zero-order valence-electron chi connectivity index (χ0n) is 74.9. The molecule has 0 radical (unpaired) electrons. The Morgan fingerprint density at radius 2 is 0.525 bits per heavy atom. The zero-order valence-corrected chi connectivity index (χ0v) is 97.4. The predicted molar refractivity (Wildman–Crippen MR) is 395 cm³/mol. The number of aliphatic hydroxyl groups excluding tert-OH is 9. The van der Waals surface area contributed by atoms with Crippen molar-refractivity contribution < 1.29 is 516 Å². The normalized spacial score (nSPS) is 33.8. The van der Waals surface area contributed by atoms with Crippen LogP contribution in [0.1, 0.15) is 47.0 Å². The van der Waals surface area contributed by atoms with Crippen molar-refractivity contribution in [3.05, 3.63) is 52.1 Å². The maximum absolute atomic E-state index is 12.8. The summed E-state index contributed by atoms with van der Waals surface area (Å²) in [6, 6.07) is -6.88. The molecule has 0 aromatic heterocycles. The van der Waals surface area contributed by atoms with Crippen LogP contribution >= 0.6 is 0 Å². The number of unbranched alkanes of at least 4 members (excludes halogenated alkanes) is 2. The number of hydrogen-bond donors (Lipinski definition) is 22. The first kappa shape index (κ1) is 151. The molecule has 8 unspecified atom stereocenters. The molecule has 8 aliphatic heterocycles. The van der Waals surface area contributed by atoms with Gasteiger partial charge in [-0.2, -0.15) is 60.1 Å².